The second-order valence-electron chi connectivity index (χ2n) is 3.89. The van der Waals surface area contributed by atoms with Crippen LogP contribution >= 0.6 is 11.6 Å². The number of nitrogens with zero attached hydrogens (tertiary/aromatic N) is 2. The molecule has 3 nitrogen and oxygen atoms in total. The van der Waals surface area contributed by atoms with Crippen molar-refractivity contribution in [3.8, 4) is 0 Å². The molecule has 0 aromatic carbocycles. The van der Waals surface area contributed by atoms with Gasteiger partial charge >= 0.3 is 0 Å². The molecule has 4 heteroatoms. The van der Waals surface area contributed by atoms with Gasteiger partial charge in [-0.05, 0) is 19.4 Å². The Morgan fingerprint density at radius 3 is 3.07 bits per heavy atom. The molecular weight excluding hydrogens is 198 g/mol. The van der Waals surface area contributed by atoms with E-state index in [9.17, 15) is 0 Å². The first-order valence-electron chi connectivity index (χ1n) is 5.20. The van der Waals surface area contributed by atoms with Gasteiger partial charge in [-0.1, -0.05) is 24.4 Å². The van der Waals surface area contributed by atoms with E-state index in [1.807, 2.05) is 13.2 Å². The average Bonchev–Trinajstić information content (AvgIpc) is 2.43. The third kappa shape index (κ3) is 2.10. The van der Waals surface area contributed by atoms with Crippen LogP contribution < -0.4 is 5.32 Å². The summed E-state index contributed by atoms with van der Waals surface area (Å²) in [5.74, 6) is 0. The van der Waals surface area contributed by atoms with E-state index in [2.05, 4.69) is 10.4 Å². The smallest absolute Gasteiger partial charge is 0.0979 e. The van der Waals surface area contributed by atoms with Crippen molar-refractivity contribution in [2.45, 2.75) is 31.7 Å². The molecule has 14 heavy (non-hydrogen) atoms. The van der Waals surface area contributed by atoms with Gasteiger partial charge in [-0.3, -0.25) is 4.68 Å². The van der Waals surface area contributed by atoms with Crippen molar-refractivity contribution < 1.29 is 0 Å². The largest absolute Gasteiger partial charge is 0.309 e. The van der Waals surface area contributed by atoms with Crippen LogP contribution in [0.15, 0.2) is 6.20 Å². The summed E-state index contributed by atoms with van der Waals surface area (Å²) in [5, 5.41) is 8.67. The van der Waals surface area contributed by atoms with Crippen LogP contribution in [0, 0.1) is 0 Å². The Bertz CT molecular complexity index is 300. The Morgan fingerprint density at radius 1 is 1.50 bits per heavy atom. The van der Waals surface area contributed by atoms with E-state index in [1.165, 1.54) is 19.3 Å². The molecule has 1 fully saturated rings. The van der Waals surface area contributed by atoms with Crippen LogP contribution in [-0.2, 0) is 7.05 Å². The lowest BCUT2D eigenvalue weighted by atomic mass is 10.1. The van der Waals surface area contributed by atoms with Crippen molar-refractivity contribution in [3.05, 3.63) is 16.9 Å². The predicted molar refractivity (Wildman–Crippen MR) is 57.4 cm³/mol. The molecule has 0 bridgehead atoms. The minimum absolute atomic E-state index is 0.353. The molecular formula is C10H16ClN3. The van der Waals surface area contributed by atoms with Crippen LogP contribution in [0.25, 0.3) is 0 Å². The van der Waals surface area contributed by atoms with Crippen LogP contribution in [0.4, 0.5) is 0 Å². The monoisotopic (exact) mass is 213 g/mol. The number of hydrogen-bond acceptors (Lipinski definition) is 2. The van der Waals surface area contributed by atoms with E-state index in [-0.39, 0.29) is 0 Å². The minimum Gasteiger partial charge on any atom is -0.309 e. The Labute approximate surface area is 89.4 Å². The van der Waals surface area contributed by atoms with Crippen molar-refractivity contribution in [1.82, 2.24) is 15.1 Å². The van der Waals surface area contributed by atoms with Gasteiger partial charge in [-0.2, -0.15) is 5.10 Å². The van der Waals surface area contributed by atoms with Crippen LogP contribution in [0.5, 0.6) is 0 Å². The zero-order chi connectivity index (χ0) is 9.97. The van der Waals surface area contributed by atoms with Crippen molar-refractivity contribution in [2.24, 2.45) is 7.05 Å². The van der Waals surface area contributed by atoms with Gasteiger partial charge in [0.2, 0.25) is 0 Å². The van der Waals surface area contributed by atoms with Gasteiger partial charge in [0.05, 0.1) is 16.8 Å². The molecule has 78 valence electrons. The molecule has 0 unspecified atom stereocenters. The number of aryl methyl sites for hydroxylation is 1. The fourth-order valence-corrected chi connectivity index (χ4v) is 2.29. The highest BCUT2D eigenvalue weighted by Crippen LogP contribution is 2.26. The normalized spacial score (nSPS) is 23.4. The molecule has 1 N–H and O–H groups in total. The summed E-state index contributed by atoms with van der Waals surface area (Å²) in [4.78, 5) is 0. The number of aromatic nitrogens is 2. The first kappa shape index (κ1) is 9.99. The van der Waals surface area contributed by atoms with Crippen LogP contribution in [0.1, 0.15) is 37.4 Å². The molecule has 1 aliphatic rings. The minimum atomic E-state index is 0.353. The Balaban J connectivity index is 2.15. The highest BCUT2D eigenvalue weighted by atomic mass is 35.5. The molecule has 1 aromatic heterocycles. The second-order valence-corrected chi connectivity index (χ2v) is 4.30. The van der Waals surface area contributed by atoms with E-state index < -0.39 is 0 Å². The highest BCUT2D eigenvalue weighted by molar-refractivity contribution is 6.31. The summed E-state index contributed by atoms with van der Waals surface area (Å²) in [7, 11) is 1.91. The molecule has 0 amide bonds. The fourth-order valence-electron chi connectivity index (χ4n) is 1.97. The maximum Gasteiger partial charge on any atom is 0.0979 e. The molecule has 2 heterocycles. The molecule has 0 aliphatic carbocycles. The lowest BCUT2D eigenvalue weighted by Gasteiger charge is -2.13. The number of hydrogen-bond donors (Lipinski definition) is 1. The molecule has 1 aromatic rings. The number of halogens is 1. The van der Waals surface area contributed by atoms with Crippen molar-refractivity contribution in [1.29, 1.82) is 0 Å². The fraction of sp³-hybridized carbons (Fsp3) is 0.700. The summed E-state index contributed by atoms with van der Waals surface area (Å²) in [6, 6.07) is 0.353. The van der Waals surface area contributed by atoms with Gasteiger partial charge < -0.3 is 5.32 Å². The van der Waals surface area contributed by atoms with Crippen LogP contribution in [-0.4, -0.2) is 16.3 Å². The van der Waals surface area contributed by atoms with E-state index in [1.54, 1.807) is 4.68 Å². The Kier molecular flexibility index (Phi) is 3.08. The van der Waals surface area contributed by atoms with Crippen molar-refractivity contribution >= 4 is 11.6 Å². The Hall–Kier alpha value is -0.540. The number of nitrogens with one attached hydrogen (secondary N) is 1. The third-order valence-corrected chi connectivity index (χ3v) is 2.99. The zero-order valence-corrected chi connectivity index (χ0v) is 9.22. The lowest BCUT2D eigenvalue weighted by molar-refractivity contribution is 0.514. The maximum absolute atomic E-state index is 6.11. The standard InChI is InChI=1S/C10H16ClN3/c1-14-7-8(11)10(13-14)9-5-3-2-4-6-12-9/h7,9,12H,2-6H2,1H3/t9-/m0/s1. The Morgan fingerprint density at radius 2 is 2.36 bits per heavy atom. The molecule has 1 atom stereocenters. The van der Waals surface area contributed by atoms with E-state index in [0.29, 0.717) is 6.04 Å². The predicted octanol–water partition coefficient (Wildman–Crippen LogP) is 2.28. The molecule has 2 rings (SSSR count). The van der Waals surface area contributed by atoms with Crippen molar-refractivity contribution in [3.63, 3.8) is 0 Å². The van der Waals surface area contributed by atoms with Gasteiger partial charge in [-0.15, -0.1) is 0 Å². The summed E-state index contributed by atoms with van der Waals surface area (Å²) in [6.45, 7) is 1.08. The van der Waals surface area contributed by atoms with Crippen molar-refractivity contribution in [2.75, 3.05) is 6.54 Å². The average molecular weight is 214 g/mol. The molecule has 1 aliphatic heterocycles. The van der Waals surface area contributed by atoms with Gasteiger partial charge in [0.25, 0.3) is 0 Å². The summed E-state index contributed by atoms with van der Waals surface area (Å²) < 4.78 is 1.78. The van der Waals surface area contributed by atoms with Gasteiger partial charge in [0.1, 0.15) is 0 Å². The number of rotatable bonds is 1. The van der Waals surface area contributed by atoms with Gasteiger partial charge in [-0.25, -0.2) is 0 Å². The molecule has 1 saturated heterocycles. The first-order valence-corrected chi connectivity index (χ1v) is 5.57. The topological polar surface area (TPSA) is 29.9 Å². The highest BCUT2D eigenvalue weighted by Gasteiger charge is 2.19. The van der Waals surface area contributed by atoms with E-state index in [4.69, 9.17) is 11.6 Å². The molecule has 0 saturated carbocycles. The van der Waals surface area contributed by atoms with Gasteiger partial charge in [0, 0.05) is 13.2 Å². The summed E-state index contributed by atoms with van der Waals surface area (Å²) in [6.07, 6.45) is 6.86. The van der Waals surface area contributed by atoms with E-state index >= 15 is 0 Å². The SMILES string of the molecule is Cn1cc(Cl)c([C@@H]2CCCCCN2)n1. The third-order valence-electron chi connectivity index (χ3n) is 2.70. The van der Waals surface area contributed by atoms with E-state index in [0.717, 1.165) is 23.7 Å². The molecule has 0 radical (unpaired) electrons. The molecule has 0 spiro atoms. The van der Waals surface area contributed by atoms with Crippen LogP contribution in [0.2, 0.25) is 5.02 Å². The quantitative estimate of drug-likeness (QED) is 0.776. The van der Waals surface area contributed by atoms with Crippen LogP contribution in [0.3, 0.4) is 0 Å². The first-order chi connectivity index (χ1) is 6.77. The zero-order valence-electron chi connectivity index (χ0n) is 8.46. The second kappa shape index (κ2) is 4.32. The maximum atomic E-state index is 6.11. The summed E-state index contributed by atoms with van der Waals surface area (Å²) in [5.41, 5.74) is 1.01. The summed E-state index contributed by atoms with van der Waals surface area (Å²) >= 11 is 6.11. The van der Waals surface area contributed by atoms with Gasteiger partial charge in [0.15, 0.2) is 0 Å². The lowest BCUT2D eigenvalue weighted by Crippen LogP contribution is -2.21.